The Kier molecular flexibility index (Phi) is 2.69. The van der Waals surface area contributed by atoms with E-state index >= 15 is 0 Å². The van der Waals surface area contributed by atoms with Crippen molar-refractivity contribution in [2.75, 3.05) is 0 Å². The van der Waals surface area contributed by atoms with E-state index in [1.165, 1.54) is 0 Å². The minimum Gasteiger partial charge on any atom is -0.483 e. The summed E-state index contributed by atoms with van der Waals surface area (Å²) < 4.78 is 12.9. The monoisotopic (exact) mass is 253 g/mol. The van der Waals surface area contributed by atoms with E-state index in [0.29, 0.717) is 17.9 Å². The van der Waals surface area contributed by atoms with Gasteiger partial charge in [-0.3, -0.25) is 4.68 Å². The van der Waals surface area contributed by atoms with Crippen LogP contribution in [0.5, 0.6) is 5.75 Å². The highest BCUT2D eigenvalue weighted by Crippen LogP contribution is 2.32. The van der Waals surface area contributed by atoms with Gasteiger partial charge in [0.05, 0.1) is 11.6 Å². The van der Waals surface area contributed by atoms with Crippen LogP contribution < -0.4 is 4.74 Å². The van der Waals surface area contributed by atoms with Gasteiger partial charge in [-0.1, -0.05) is 12.1 Å². The quantitative estimate of drug-likeness (QED) is 0.719. The van der Waals surface area contributed by atoms with Crippen LogP contribution in [0.2, 0.25) is 0 Å². The molecule has 1 aromatic carbocycles. The van der Waals surface area contributed by atoms with Gasteiger partial charge in [0.25, 0.3) is 0 Å². The molecule has 2 aromatic heterocycles. The van der Waals surface area contributed by atoms with Crippen LogP contribution >= 0.6 is 0 Å². The fraction of sp³-hybridized carbons (Fsp3) is 0.143. The third-order valence-electron chi connectivity index (χ3n) is 2.79. The van der Waals surface area contributed by atoms with E-state index in [2.05, 4.69) is 5.10 Å². The van der Waals surface area contributed by atoms with E-state index < -0.39 is 0 Å². The summed E-state index contributed by atoms with van der Waals surface area (Å²) in [6.07, 6.45) is 3.60. The maximum absolute atomic E-state index is 9.08. The molecule has 0 saturated carbocycles. The number of aryl methyl sites for hydroxylation is 1. The van der Waals surface area contributed by atoms with Gasteiger partial charge in [0.15, 0.2) is 5.75 Å². The van der Waals surface area contributed by atoms with Crippen molar-refractivity contribution in [3.8, 4) is 11.8 Å². The highest BCUT2D eigenvalue weighted by Gasteiger charge is 2.15. The second-order valence-corrected chi connectivity index (χ2v) is 4.18. The molecule has 5 nitrogen and oxygen atoms in total. The second kappa shape index (κ2) is 4.50. The van der Waals surface area contributed by atoms with Crippen LogP contribution in [-0.4, -0.2) is 9.78 Å². The van der Waals surface area contributed by atoms with Crippen molar-refractivity contribution in [1.82, 2.24) is 9.78 Å². The average molecular weight is 253 g/mol. The van der Waals surface area contributed by atoms with Crippen LogP contribution in [0.3, 0.4) is 0 Å². The lowest BCUT2D eigenvalue weighted by atomic mass is 10.2. The van der Waals surface area contributed by atoms with Crippen LogP contribution in [0, 0.1) is 11.3 Å². The average Bonchev–Trinajstić information content (AvgIpc) is 2.99. The number of fused-ring (bicyclic) bond motifs is 1. The number of ether oxygens (including phenoxy) is 1. The van der Waals surface area contributed by atoms with E-state index in [1.54, 1.807) is 10.9 Å². The second-order valence-electron chi connectivity index (χ2n) is 4.18. The van der Waals surface area contributed by atoms with Gasteiger partial charge in [-0.25, -0.2) is 0 Å². The van der Waals surface area contributed by atoms with Gasteiger partial charge in [-0.05, 0) is 12.1 Å². The van der Waals surface area contributed by atoms with Crippen LogP contribution in [0.25, 0.3) is 11.0 Å². The Morgan fingerprint density at radius 2 is 2.26 bits per heavy atom. The lowest BCUT2D eigenvalue weighted by molar-refractivity contribution is 0.303. The minimum atomic E-state index is 0.199. The number of furan rings is 1. The van der Waals surface area contributed by atoms with Crippen LogP contribution in [0.4, 0.5) is 0 Å². The molecule has 0 aliphatic heterocycles. The van der Waals surface area contributed by atoms with Crippen molar-refractivity contribution in [1.29, 1.82) is 5.26 Å². The first-order chi connectivity index (χ1) is 9.28. The summed E-state index contributed by atoms with van der Waals surface area (Å²) in [6.45, 7) is 0.353. The summed E-state index contributed by atoms with van der Waals surface area (Å²) >= 11 is 0. The Labute approximate surface area is 109 Å². The van der Waals surface area contributed by atoms with E-state index in [0.717, 1.165) is 10.9 Å². The zero-order valence-electron chi connectivity index (χ0n) is 10.3. The molecule has 0 radical (unpaired) electrons. The number of benzene rings is 1. The minimum absolute atomic E-state index is 0.199. The first kappa shape index (κ1) is 11.4. The standard InChI is InChI=1S/C14H11N3O2/c1-17-8-10(7-16-17)9-18-14-11-4-2-3-5-12(11)19-13(14)6-15/h2-5,7-8H,9H2,1H3. The molecule has 0 amide bonds. The molecule has 5 heteroatoms. The summed E-state index contributed by atoms with van der Waals surface area (Å²) in [5.41, 5.74) is 1.59. The number of rotatable bonds is 3. The van der Waals surface area contributed by atoms with Crippen LogP contribution in [0.1, 0.15) is 11.3 Å². The van der Waals surface area contributed by atoms with Crippen LogP contribution in [0.15, 0.2) is 41.1 Å². The summed E-state index contributed by atoms with van der Waals surface area (Å²) in [4.78, 5) is 0. The molecule has 0 aliphatic rings. The van der Waals surface area contributed by atoms with Gasteiger partial charge < -0.3 is 9.15 Å². The van der Waals surface area contributed by atoms with Gasteiger partial charge in [-0.2, -0.15) is 10.4 Å². The molecule has 0 bridgehead atoms. The molecule has 0 atom stereocenters. The van der Waals surface area contributed by atoms with Crippen molar-refractivity contribution in [2.24, 2.45) is 7.05 Å². The molecule has 3 aromatic rings. The van der Waals surface area contributed by atoms with Gasteiger partial charge in [0, 0.05) is 18.8 Å². The summed E-state index contributed by atoms with van der Waals surface area (Å²) in [5, 5.41) is 14.0. The highest BCUT2D eigenvalue weighted by molar-refractivity contribution is 5.86. The number of nitriles is 1. The molecule has 2 heterocycles. The van der Waals surface area contributed by atoms with Gasteiger partial charge >= 0.3 is 0 Å². The fourth-order valence-electron chi connectivity index (χ4n) is 1.94. The van der Waals surface area contributed by atoms with Crippen molar-refractivity contribution in [3.05, 3.63) is 48.0 Å². The Hall–Kier alpha value is -2.74. The Bertz CT molecular complexity index is 764. The smallest absolute Gasteiger partial charge is 0.246 e. The van der Waals surface area contributed by atoms with Crippen molar-refractivity contribution in [3.63, 3.8) is 0 Å². The highest BCUT2D eigenvalue weighted by atomic mass is 16.5. The molecule has 0 spiro atoms. The third kappa shape index (κ3) is 2.04. The molecule has 0 saturated heterocycles. The lowest BCUT2D eigenvalue weighted by Crippen LogP contribution is -1.95. The normalized spacial score (nSPS) is 10.5. The molecule has 19 heavy (non-hydrogen) atoms. The van der Waals surface area contributed by atoms with E-state index in [4.69, 9.17) is 14.4 Å². The fourth-order valence-corrected chi connectivity index (χ4v) is 1.94. The largest absolute Gasteiger partial charge is 0.483 e. The summed E-state index contributed by atoms with van der Waals surface area (Å²) in [5.74, 6) is 0.687. The number of nitrogens with zero attached hydrogens (tertiary/aromatic N) is 3. The first-order valence-electron chi connectivity index (χ1n) is 5.80. The molecule has 3 rings (SSSR count). The molecule has 94 valence electrons. The number of hydrogen-bond donors (Lipinski definition) is 0. The van der Waals surface area contributed by atoms with Crippen molar-refractivity contribution >= 4 is 11.0 Å². The third-order valence-corrected chi connectivity index (χ3v) is 2.79. The van der Waals surface area contributed by atoms with E-state index in [-0.39, 0.29) is 5.76 Å². The molecular weight excluding hydrogens is 242 g/mol. The van der Waals surface area contributed by atoms with Crippen molar-refractivity contribution < 1.29 is 9.15 Å². The van der Waals surface area contributed by atoms with E-state index in [9.17, 15) is 0 Å². The van der Waals surface area contributed by atoms with Crippen molar-refractivity contribution in [2.45, 2.75) is 6.61 Å². The predicted octanol–water partition coefficient (Wildman–Crippen LogP) is 2.62. The number of hydrogen-bond acceptors (Lipinski definition) is 4. The molecule has 0 N–H and O–H groups in total. The number of aromatic nitrogens is 2. The molecule has 0 aliphatic carbocycles. The van der Waals surface area contributed by atoms with E-state index in [1.807, 2.05) is 43.6 Å². The Morgan fingerprint density at radius 1 is 1.42 bits per heavy atom. The zero-order valence-corrected chi connectivity index (χ0v) is 10.3. The topological polar surface area (TPSA) is 64.0 Å². The summed E-state index contributed by atoms with van der Waals surface area (Å²) in [7, 11) is 1.84. The molecule has 0 unspecified atom stereocenters. The molecule has 0 fully saturated rings. The van der Waals surface area contributed by atoms with Gasteiger partial charge in [0.2, 0.25) is 5.76 Å². The van der Waals surface area contributed by atoms with Gasteiger partial charge in [0.1, 0.15) is 18.3 Å². The first-order valence-corrected chi connectivity index (χ1v) is 5.80. The predicted molar refractivity (Wildman–Crippen MR) is 68.5 cm³/mol. The van der Waals surface area contributed by atoms with Gasteiger partial charge in [-0.15, -0.1) is 0 Å². The zero-order chi connectivity index (χ0) is 13.2. The maximum Gasteiger partial charge on any atom is 0.246 e. The lowest BCUT2D eigenvalue weighted by Gasteiger charge is -2.02. The number of para-hydroxylation sites is 1. The Balaban J connectivity index is 1.93. The van der Waals surface area contributed by atoms with Crippen LogP contribution in [-0.2, 0) is 13.7 Å². The Morgan fingerprint density at radius 3 is 3.00 bits per heavy atom. The molecular formula is C14H11N3O2. The SMILES string of the molecule is Cn1cc(COc2c(C#N)oc3ccccc23)cn1. The maximum atomic E-state index is 9.08. The summed E-state index contributed by atoms with van der Waals surface area (Å²) in [6, 6.07) is 9.44.